The molecule has 0 heterocycles. The molecule has 78 valence electrons. The highest BCUT2D eigenvalue weighted by atomic mass is 32.2. The van der Waals surface area contributed by atoms with Crippen LogP contribution in [0.25, 0.3) is 0 Å². The summed E-state index contributed by atoms with van der Waals surface area (Å²) in [5, 5.41) is 2.96. The monoisotopic (exact) mass is 203 g/mol. The van der Waals surface area contributed by atoms with Crippen LogP contribution in [-0.2, 0) is 4.79 Å². The lowest BCUT2D eigenvalue weighted by atomic mass is 9.92. The summed E-state index contributed by atoms with van der Waals surface area (Å²) in [6, 6.07) is 0. The summed E-state index contributed by atoms with van der Waals surface area (Å²) < 4.78 is 0.214. The molecule has 0 rings (SSSR count). The van der Waals surface area contributed by atoms with E-state index in [0.29, 0.717) is 0 Å². The number of amides is 1. The zero-order valence-corrected chi connectivity index (χ0v) is 10.3. The van der Waals surface area contributed by atoms with Gasteiger partial charge in [-0.05, 0) is 26.5 Å². The van der Waals surface area contributed by atoms with Crippen LogP contribution in [0.1, 0.15) is 41.0 Å². The lowest BCUT2D eigenvalue weighted by Crippen LogP contribution is -2.46. The Morgan fingerprint density at radius 1 is 1.31 bits per heavy atom. The van der Waals surface area contributed by atoms with Gasteiger partial charge in [0.1, 0.15) is 0 Å². The van der Waals surface area contributed by atoms with E-state index in [-0.39, 0.29) is 16.2 Å². The number of carbonyl (C=O) groups excluding carboxylic acids is 1. The molecule has 0 aromatic heterocycles. The molecular weight excluding hydrogens is 182 g/mol. The van der Waals surface area contributed by atoms with Crippen molar-refractivity contribution in [1.82, 2.24) is 5.32 Å². The van der Waals surface area contributed by atoms with Gasteiger partial charge in [-0.3, -0.25) is 4.79 Å². The lowest BCUT2D eigenvalue weighted by molar-refractivity contribution is -0.120. The van der Waals surface area contributed by atoms with E-state index in [2.05, 4.69) is 39.3 Å². The maximum absolute atomic E-state index is 10.9. The van der Waals surface area contributed by atoms with Gasteiger partial charge in [-0.15, -0.1) is 0 Å². The molecule has 0 aliphatic heterocycles. The molecule has 0 atom stereocenters. The van der Waals surface area contributed by atoms with Crippen LogP contribution in [0.5, 0.6) is 0 Å². The van der Waals surface area contributed by atoms with Crippen molar-refractivity contribution in [2.75, 3.05) is 6.26 Å². The number of hydrogen-bond donors (Lipinski definition) is 1. The molecule has 0 spiro atoms. The van der Waals surface area contributed by atoms with Crippen molar-refractivity contribution in [3.8, 4) is 0 Å². The van der Waals surface area contributed by atoms with Crippen molar-refractivity contribution >= 4 is 17.7 Å². The van der Waals surface area contributed by atoms with E-state index in [1.165, 1.54) is 0 Å². The second-order valence-corrected chi connectivity index (χ2v) is 6.22. The minimum absolute atomic E-state index is 0.0434. The number of nitrogens with one attached hydrogen (secondary N) is 1. The molecule has 0 aliphatic carbocycles. The second kappa shape index (κ2) is 4.36. The molecule has 0 fully saturated rings. The number of carbonyl (C=O) groups is 1. The van der Waals surface area contributed by atoms with Gasteiger partial charge in [-0.1, -0.05) is 13.8 Å². The van der Waals surface area contributed by atoms with E-state index in [9.17, 15) is 4.79 Å². The van der Waals surface area contributed by atoms with Gasteiger partial charge in [0.2, 0.25) is 5.91 Å². The van der Waals surface area contributed by atoms with Crippen molar-refractivity contribution in [2.24, 2.45) is 0 Å². The molecule has 3 heteroatoms. The average Bonchev–Trinajstić information content (AvgIpc) is 1.81. The van der Waals surface area contributed by atoms with Crippen LogP contribution >= 0.6 is 11.8 Å². The Morgan fingerprint density at radius 2 is 1.77 bits per heavy atom. The predicted octanol–water partition coefficient (Wildman–Crippen LogP) is 2.43. The van der Waals surface area contributed by atoms with Gasteiger partial charge in [0, 0.05) is 17.2 Å². The molecule has 0 radical (unpaired) electrons. The van der Waals surface area contributed by atoms with Crippen LogP contribution in [0.3, 0.4) is 0 Å². The van der Waals surface area contributed by atoms with Gasteiger partial charge in [0.15, 0.2) is 0 Å². The van der Waals surface area contributed by atoms with Crippen molar-refractivity contribution in [1.29, 1.82) is 0 Å². The maximum atomic E-state index is 10.9. The summed E-state index contributed by atoms with van der Waals surface area (Å²) in [4.78, 5) is 10.9. The van der Waals surface area contributed by atoms with Crippen molar-refractivity contribution in [3.63, 3.8) is 0 Å². The molecule has 13 heavy (non-hydrogen) atoms. The Hall–Kier alpha value is -0.180. The highest BCUT2D eigenvalue weighted by Crippen LogP contribution is 2.30. The fourth-order valence-corrected chi connectivity index (χ4v) is 2.16. The number of rotatable bonds is 4. The maximum Gasteiger partial charge on any atom is 0.217 e. The van der Waals surface area contributed by atoms with Gasteiger partial charge in [0.05, 0.1) is 0 Å². The second-order valence-electron chi connectivity index (χ2n) is 4.71. The molecule has 0 aliphatic rings. The topological polar surface area (TPSA) is 29.1 Å². The molecule has 0 saturated heterocycles. The lowest BCUT2D eigenvalue weighted by Gasteiger charge is -2.34. The first-order chi connectivity index (χ1) is 5.68. The largest absolute Gasteiger partial charge is 0.351 e. The van der Waals surface area contributed by atoms with Crippen LogP contribution < -0.4 is 5.32 Å². The van der Waals surface area contributed by atoms with E-state index in [4.69, 9.17) is 0 Å². The third-order valence-electron chi connectivity index (χ3n) is 1.93. The van der Waals surface area contributed by atoms with E-state index in [0.717, 1.165) is 6.42 Å². The molecular formula is C10H21NOS. The summed E-state index contributed by atoms with van der Waals surface area (Å²) in [6.07, 6.45) is 3.07. The van der Waals surface area contributed by atoms with Gasteiger partial charge in [-0.25, -0.2) is 0 Å². The van der Waals surface area contributed by atoms with E-state index in [1.807, 2.05) is 11.8 Å². The SMILES string of the molecule is CSC(C)(C)CC(C)(C)NC(C)=O. The Kier molecular flexibility index (Phi) is 4.30. The van der Waals surface area contributed by atoms with Gasteiger partial charge in [-0.2, -0.15) is 11.8 Å². The highest BCUT2D eigenvalue weighted by molar-refractivity contribution is 7.99. The molecule has 2 nitrogen and oxygen atoms in total. The summed E-state index contributed by atoms with van der Waals surface area (Å²) >= 11 is 1.83. The number of thioether (sulfide) groups is 1. The van der Waals surface area contributed by atoms with E-state index >= 15 is 0 Å². The van der Waals surface area contributed by atoms with Crippen molar-refractivity contribution in [2.45, 2.75) is 51.3 Å². The third kappa shape index (κ3) is 5.97. The Morgan fingerprint density at radius 3 is 2.08 bits per heavy atom. The zero-order valence-electron chi connectivity index (χ0n) is 9.52. The van der Waals surface area contributed by atoms with E-state index < -0.39 is 0 Å². The van der Waals surface area contributed by atoms with Crippen LogP contribution in [0.2, 0.25) is 0 Å². The normalized spacial score (nSPS) is 12.8. The van der Waals surface area contributed by atoms with Crippen molar-refractivity contribution < 1.29 is 4.79 Å². The van der Waals surface area contributed by atoms with Crippen LogP contribution in [-0.4, -0.2) is 22.4 Å². The first-order valence-electron chi connectivity index (χ1n) is 4.52. The molecule has 0 saturated carbocycles. The third-order valence-corrected chi connectivity index (χ3v) is 3.18. The molecule has 0 aromatic carbocycles. The summed E-state index contributed by atoms with van der Waals surface area (Å²) in [7, 11) is 0. The fraction of sp³-hybridized carbons (Fsp3) is 0.900. The predicted molar refractivity (Wildman–Crippen MR) is 60.1 cm³/mol. The molecule has 0 aromatic rings. The molecule has 0 unspecified atom stereocenters. The Balaban J connectivity index is 4.24. The standard InChI is InChI=1S/C10H21NOS/c1-8(12)11-9(2,3)7-10(4,5)13-6/h7H2,1-6H3,(H,11,12). The van der Waals surface area contributed by atoms with Crippen LogP contribution in [0.4, 0.5) is 0 Å². The zero-order chi connectivity index (χ0) is 10.7. The average molecular weight is 203 g/mol. The Labute approximate surface area is 85.9 Å². The quantitative estimate of drug-likeness (QED) is 0.760. The van der Waals surface area contributed by atoms with Gasteiger partial charge < -0.3 is 5.32 Å². The first kappa shape index (κ1) is 12.8. The van der Waals surface area contributed by atoms with Crippen LogP contribution in [0, 0.1) is 0 Å². The minimum atomic E-state index is -0.113. The summed E-state index contributed by atoms with van der Waals surface area (Å²) in [5.74, 6) is 0.0434. The molecule has 1 N–H and O–H groups in total. The minimum Gasteiger partial charge on any atom is -0.351 e. The van der Waals surface area contributed by atoms with Gasteiger partial charge in [0.25, 0.3) is 0 Å². The summed E-state index contributed by atoms with van der Waals surface area (Å²) in [6.45, 7) is 10.1. The van der Waals surface area contributed by atoms with Crippen molar-refractivity contribution in [3.05, 3.63) is 0 Å². The fourth-order valence-electron chi connectivity index (χ4n) is 1.66. The van der Waals surface area contributed by atoms with Gasteiger partial charge >= 0.3 is 0 Å². The number of hydrogen-bond acceptors (Lipinski definition) is 2. The van der Waals surface area contributed by atoms with E-state index in [1.54, 1.807) is 6.92 Å². The Bertz CT molecular complexity index is 187. The molecule has 0 bridgehead atoms. The van der Waals surface area contributed by atoms with Crippen LogP contribution in [0.15, 0.2) is 0 Å². The molecule has 1 amide bonds. The highest BCUT2D eigenvalue weighted by Gasteiger charge is 2.28. The smallest absolute Gasteiger partial charge is 0.217 e. The first-order valence-corrected chi connectivity index (χ1v) is 5.75. The summed E-state index contributed by atoms with van der Waals surface area (Å²) in [5.41, 5.74) is -0.113.